The first-order valence-corrected chi connectivity index (χ1v) is 7.86. The maximum absolute atomic E-state index is 12.3. The molecule has 0 aromatic rings. The molecule has 0 amide bonds. The van der Waals surface area contributed by atoms with Gasteiger partial charge in [-0.05, 0) is 33.1 Å². The van der Waals surface area contributed by atoms with Gasteiger partial charge in [0.25, 0.3) is 0 Å². The van der Waals surface area contributed by atoms with Gasteiger partial charge in [-0.25, -0.2) is 4.79 Å². The Bertz CT molecular complexity index is 383. The molecule has 0 heterocycles. The normalized spacial score (nSPS) is 19.0. The van der Waals surface area contributed by atoms with E-state index in [-0.39, 0.29) is 12.1 Å². The summed E-state index contributed by atoms with van der Waals surface area (Å²) in [7, 11) is 0. The van der Waals surface area contributed by atoms with Crippen molar-refractivity contribution in [1.82, 2.24) is 5.32 Å². The van der Waals surface area contributed by atoms with Gasteiger partial charge in [0.05, 0.1) is 12.6 Å². The van der Waals surface area contributed by atoms with E-state index in [0.29, 0.717) is 19.4 Å². The van der Waals surface area contributed by atoms with E-state index in [9.17, 15) is 9.90 Å². The average molecular weight is 295 g/mol. The minimum absolute atomic E-state index is 0.183. The summed E-state index contributed by atoms with van der Waals surface area (Å²) in [5.41, 5.74) is -0.891. The van der Waals surface area contributed by atoms with Gasteiger partial charge in [-0.1, -0.05) is 38.3 Å². The lowest BCUT2D eigenvalue weighted by Crippen LogP contribution is -2.59. The van der Waals surface area contributed by atoms with E-state index >= 15 is 0 Å². The fourth-order valence-corrected chi connectivity index (χ4v) is 2.48. The Hall–Kier alpha value is -1.52. The van der Waals surface area contributed by atoms with Crippen LogP contribution < -0.4 is 10.4 Å². The summed E-state index contributed by atoms with van der Waals surface area (Å²) in [5, 5.41) is 14.8. The summed E-state index contributed by atoms with van der Waals surface area (Å²) >= 11 is 0. The van der Waals surface area contributed by atoms with Gasteiger partial charge in [0.1, 0.15) is 5.54 Å². The van der Waals surface area contributed by atoms with E-state index in [0.717, 1.165) is 25.7 Å². The molecule has 1 N–H and O–H groups in total. The molecule has 5 heteroatoms. The number of carbonyl (C=O) groups is 1. The van der Waals surface area contributed by atoms with Crippen molar-refractivity contribution in [1.29, 1.82) is 0 Å². The third-order valence-electron chi connectivity index (χ3n) is 3.53. The molecular formula is C16H27N2O3-. The number of rotatable bonds is 6. The van der Waals surface area contributed by atoms with Crippen molar-refractivity contribution in [3.63, 3.8) is 0 Å². The van der Waals surface area contributed by atoms with Crippen molar-refractivity contribution in [2.24, 2.45) is 4.99 Å². The van der Waals surface area contributed by atoms with Crippen LogP contribution in [0.25, 0.3) is 0 Å². The van der Waals surface area contributed by atoms with Crippen LogP contribution in [0.1, 0.15) is 59.3 Å². The molecule has 0 radical (unpaired) electrons. The van der Waals surface area contributed by atoms with Crippen LogP contribution in [0.5, 0.6) is 0 Å². The third-order valence-corrected chi connectivity index (χ3v) is 3.53. The Balaban J connectivity index is 2.73. The summed E-state index contributed by atoms with van der Waals surface area (Å²) in [6, 6.07) is -0.432. The number of nitrogens with one attached hydrogen (secondary N) is 1. The molecule has 0 saturated heterocycles. The van der Waals surface area contributed by atoms with Crippen LogP contribution in [0, 0.1) is 0 Å². The molecule has 120 valence electrons. The summed E-state index contributed by atoms with van der Waals surface area (Å²) in [5.74, 6) is -0.329. The topological polar surface area (TPSA) is 73.8 Å². The Kier molecular flexibility index (Phi) is 7.26. The quantitative estimate of drug-likeness (QED) is 0.351. The minimum atomic E-state index is -0.891. The van der Waals surface area contributed by atoms with Crippen LogP contribution in [-0.4, -0.2) is 30.2 Å². The lowest BCUT2D eigenvalue weighted by Gasteiger charge is -2.38. The van der Waals surface area contributed by atoms with Crippen LogP contribution in [0.3, 0.4) is 0 Å². The maximum Gasteiger partial charge on any atom is 0.332 e. The van der Waals surface area contributed by atoms with E-state index in [1.54, 1.807) is 0 Å². The number of ether oxygens (including phenoxy) is 1. The molecule has 1 saturated carbocycles. The fourth-order valence-electron chi connectivity index (χ4n) is 2.48. The molecule has 0 bridgehead atoms. The second kappa shape index (κ2) is 8.70. The minimum Gasteiger partial charge on any atom is -0.846 e. The van der Waals surface area contributed by atoms with Gasteiger partial charge in [0, 0.05) is 6.02 Å². The number of carbonyl (C=O) groups excluding carboxylic acids is 1. The van der Waals surface area contributed by atoms with Crippen LogP contribution in [0.15, 0.2) is 17.1 Å². The van der Waals surface area contributed by atoms with E-state index in [1.807, 2.05) is 32.9 Å². The number of esters is 1. The molecule has 1 rings (SSSR count). The molecule has 0 aromatic carbocycles. The SMILES string of the molecule is CC/C=C\CN=C([O-])NC1(C(=O)OC(C)C)CCCCC1. The molecule has 1 aliphatic carbocycles. The van der Waals surface area contributed by atoms with E-state index < -0.39 is 11.6 Å². The zero-order valence-corrected chi connectivity index (χ0v) is 13.4. The van der Waals surface area contributed by atoms with Crippen molar-refractivity contribution in [3.05, 3.63) is 12.2 Å². The number of hydrogen-bond donors (Lipinski definition) is 1. The van der Waals surface area contributed by atoms with E-state index in [4.69, 9.17) is 4.74 Å². The molecule has 0 aliphatic heterocycles. The largest absolute Gasteiger partial charge is 0.846 e. The van der Waals surface area contributed by atoms with Gasteiger partial charge in [-0.3, -0.25) is 4.99 Å². The Morgan fingerprint density at radius 2 is 2.00 bits per heavy atom. The number of amidine groups is 1. The maximum atomic E-state index is 12.3. The second-order valence-electron chi connectivity index (χ2n) is 5.75. The number of nitrogens with zero attached hydrogens (tertiary/aromatic N) is 1. The molecule has 0 spiro atoms. The van der Waals surface area contributed by atoms with Gasteiger partial charge in [0.2, 0.25) is 0 Å². The van der Waals surface area contributed by atoms with Crippen LogP contribution >= 0.6 is 0 Å². The Morgan fingerprint density at radius 1 is 1.33 bits per heavy atom. The summed E-state index contributed by atoms with van der Waals surface area (Å²) < 4.78 is 5.33. The molecule has 0 unspecified atom stereocenters. The smallest absolute Gasteiger partial charge is 0.332 e. The standard InChI is InChI=1S/C16H28N2O3/c1-4-5-9-12-17-15(20)18-16(10-7-6-8-11-16)14(19)21-13(2)3/h5,9,13H,4,6-8,10-12H2,1-3H3,(H2,17,18,20)/p-1/b9-5-. The summed E-state index contributed by atoms with van der Waals surface area (Å²) in [6.07, 6.45) is 8.73. The van der Waals surface area contributed by atoms with Crippen molar-refractivity contribution in [2.75, 3.05) is 6.54 Å². The second-order valence-corrected chi connectivity index (χ2v) is 5.75. The lowest BCUT2D eigenvalue weighted by atomic mass is 9.81. The zero-order chi connectivity index (χ0) is 15.7. The molecule has 5 nitrogen and oxygen atoms in total. The van der Waals surface area contributed by atoms with Crippen LogP contribution in [0.4, 0.5) is 0 Å². The highest BCUT2D eigenvalue weighted by Gasteiger charge is 2.41. The van der Waals surface area contributed by atoms with Crippen molar-refractivity contribution >= 4 is 12.0 Å². The molecule has 1 fully saturated rings. The average Bonchev–Trinajstić information content (AvgIpc) is 2.44. The highest BCUT2D eigenvalue weighted by Crippen LogP contribution is 2.29. The molecular weight excluding hydrogens is 268 g/mol. The van der Waals surface area contributed by atoms with Gasteiger partial charge < -0.3 is 15.2 Å². The fraction of sp³-hybridized carbons (Fsp3) is 0.750. The molecule has 0 aromatic heterocycles. The molecule has 21 heavy (non-hydrogen) atoms. The molecule has 1 aliphatic rings. The van der Waals surface area contributed by atoms with Crippen molar-refractivity contribution in [2.45, 2.75) is 70.9 Å². The van der Waals surface area contributed by atoms with Gasteiger partial charge in [0.15, 0.2) is 0 Å². The van der Waals surface area contributed by atoms with Crippen molar-refractivity contribution < 1.29 is 14.6 Å². The first-order chi connectivity index (χ1) is 10.00. The number of aliphatic imine (C=N–C) groups is 1. The number of hydrogen-bond acceptors (Lipinski definition) is 4. The van der Waals surface area contributed by atoms with E-state index in [2.05, 4.69) is 10.3 Å². The molecule has 0 atom stereocenters. The third kappa shape index (κ3) is 5.78. The lowest BCUT2D eigenvalue weighted by molar-refractivity contribution is -0.225. The monoisotopic (exact) mass is 295 g/mol. The van der Waals surface area contributed by atoms with Crippen LogP contribution in [0.2, 0.25) is 0 Å². The van der Waals surface area contributed by atoms with Gasteiger partial charge >= 0.3 is 5.97 Å². The van der Waals surface area contributed by atoms with Gasteiger partial charge in [-0.15, -0.1) is 0 Å². The Morgan fingerprint density at radius 3 is 2.57 bits per heavy atom. The highest BCUT2D eigenvalue weighted by atomic mass is 16.5. The summed E-state index contributed by atoms with van der Waals surface area (Å²) in [6.45, 7) is 6.00. The summed E-state index contributed by atoms with van der Waals surface area (Å²) in [4.78, 5) is 16.3. The van der Waals surface area contributed by atoms with Crippen LogP contribution in [-0.2, 0) is 9.53 Å². The first-order valence-electron chi connectivity index (χ1n) is 7.86. The predicted octanol–water partition coefficient (Wildman–Crippen LogP) is 1.91. The van der Waals surface area contributed by atoms with Gasteiger partial charge in [-0.2, -0.15) is 0 Å². The highest BCUT2D eigenvalue weighted by molar-refractivity contribution is 5.86. The van der Waals surface area contributed by atoms with Crippen molar-refractivity contribution in [3.8, 4) is 0 Å². The number of allylic oxidation sites excluding steroid dienone is 1. The van der Waals surface area contributed by atoms with E-state index in [1.165, 1.54) is 0 Å². The zero-order valence-electron chi connectivity index (χ0n) is 13.4. The first kappa shape index (κ1) is 17.5. The predicted molar refractivity (Wildman–Crippen MR) is 81.9 cm³/mol. The Labute approximate surface area is 127 Å².